The Morgan fingerprint density at radius 2 is 2.19 bits per heavy atom. The number of fused-ring (bicyclic) bond motifs is 1. The lowest BCUT2D eigenvalue weighted by Gasteiger charge is -2.18. The van der Waals surface area contributed by atoms with Gasteiger partial charge in [0, 0.05) is 25.7 Å². The summed E-state index contributed by atoms with van der Waals surface area (Å²) in [5.41, 5.74) is 4.95. The Kier molecular flexibility index (Phi) is 4.31. The lowest BCUT2D eigenvalue weighted by atomic mass is 9.98. The fourth-order valence-electron chi connectivity index (χ4n) is 2.73. The van der Waals surface area contributed by atoms with E-state index >= 15 is 0 Å². The highest BCUT2D eigenvalue weighted by molar-refractivity contribution is 5.35. The summed E-state index contributed by atoms with van der Waals surface area (Å²) in [5.74, 6) is 0. The Balaban J connectivity index is 1.80. The second-order valence-electron chi connectivity index (χ2n) is 5.62. The molecule has 0 radical (unpaired) electrons. The molecule has 1 aliphatic rings. The molecular weight excluding hydrogens is 264 g/mol. The monoisotopic (exact) mass is 286 g/mol. The van der Waals surface area contributed by atoms with Crippen molar-refractivity contribution in [3.05, 3.63) is 46.8 Å². The topological polar surface area (TPSA) is 52.0 Å². The molecule has 1 aliphatic heterocycles. The molecule has 0 saturated carbocycles. The zero-order valence-electron chi connectivity index (χ0n) is 12.7. The number of ether oxygens (including phenoxy) is 1. The number of nitrogens with one attached hydrogen (secondary N) is 1. The van der Waals surface area contributed by atoms with E-state index < -0.39 is 0 Å². The van der Waals surface area contributed by atoms with Crippen molar-refractivity contribution in [2.24, 2.45) is 7.05 Å². The van der Waals surface area contributed by atoms with Crippen molar-refractivity contribution in [2.75, 3.05) is 6.54 Å². The Hall–Kier alpha value is -1.72. The van der Waals surface area contributed by atoms with E-state index in [4.69, 9.17) is 4.74 Å². The summed E-state index contributed by atoms with van der Waals surface area (Å²) >= 11 is 0. The van der Waals surface area contributed by atoms with Gasteiger partial charge >= 0.3 is 0 Å². The molecule has 1 aromatic heterocycles. The molecule has 0 saturated heterocycles. The predicted octanol–water partition coefficient (Wildman–Crippen LogP) is 2.13. The third-order valence-corrected chi connectivity index (χ3v) is 3.85. The number of nitrogens with zero attached hydrogens (tertiary/aromatic N) is 3. The van der Waals surface area contributed by atoms with Gasteiger partial charge in [-0.3, -0.25) is 4.68 Å². The van der Waals surface area contributed by atoms with Crippen molar-refractivity contribution in [3.63, 3.8) is 0 Å². The summed E-state index contributed by atoms with van der Waals surface area (Å²) in [6, 6.07) is 6.94. The highest BCUT2D eigenvalue weighted by atomic mass is 16.5. The van der Waals surface area contributed by atoms with Gasteiger partial charge in [0.05, 0.1) is 18.9 Å². The molecule has 1 unspecified atom stereocenters. The molecule has 0 spiro atoms. The lowest BCUT2D eigenvalue weighted by molar-refractivity contribution is 0.134. The number of benzene rings is 1. The highest BCUT2D eigenvalue weighted by Gasteiger charge is 2.17. The van der Waals surface area contributed by atoms with Gasteiger partial charge in [-0.15, -0.1) is 5.10 Å². The maximum Gasteiger partial charge on any atom is 0.0845 e. The maximum absolute atomic E-state index is 5.51. The smallest absolute Gasteiger partial charge is 0.0845 e. The molecular formula is C16H22N4O. The Morgan fingerprint density at radius 3 is 2.95 bits per heavy atom. The van der Waals surface area contributed by atoms with E-state index in [2.05, 4.69) is 40.8 Å². The molecule has 0 amide bonds. The predicted molar refractivity (Wildman–Crippen MR) is 80.7 cm³/mol. The first kappa shape index (κ1) is 14.2. The van der Waals surface area contributed by atoms with Crippen LogP contribution < -0.4 is 5.32 Å². The Morgan fingerprint density at radius 1 is 1.33 bits per heavy atom. The van der Waals surface area contributed by atoms with Gasteiger partial charge in [0.25, 0.3) is 0 Å². The molecule has 1 aromatic carbocycles. The second kappa shape index (κ2) is 6.37. The molecule has 21 heavy (non-hydrogen) atoms. The van der Waals surface area contributed by atoms with Crippen LogP contribution in [0.2, 0.25) is 0 Å². The van der Waals surface area contributed by atoms with Gasteiger partial charge < -0.3 is 10.1 Å². The van der Waals surface area contributed by atoms with Crippen LogP contribution in [-0.4, -0.2) is 21.5 Å². The summed E-state index contributed by atoms with van der Waals surface area (Å²) in [7, 11) is 1.90. The van der Waals surface area contributed by atoms with Crippen LogP contribution in [0.5, 0.6) is 0 Å². The minimum atomic E-state index is 0.271. The SMILES string of the molecule is CCCNC(Cc1cn(C)nn1)c1ccc2c(c1)COC2. The number of aryl methyl sites for hydroxylation is 1. The van der Waals surface area contributed by atoms with Gasteiger partial charge in [0.1, 0.15) is 0 Å². The molecule has 2 heterocycles. The van der Waals surface area contributed by atoms with Crippen LogP contribution in [0, 0.1) is 0 Å². The van der Waals surface area contributed by atoms with Crippen LogP contribution in [0.15, 0.2) is 24.4 Å². The van der Waals surface area contributed by atoms with Crippen molar-refractivity contribution in [3.8, 4) is 0 Å². The van der Waals surface area contributed by atoms with Gasteiger partial charge in [0.15, 0.2) is 0 Å². The van der Waals surface area contributed by atoms with E-state index in [1.807, 2.05) is 13.2 Å². The fourth-order valence-corrected chi connectivity index (χ4v) is 2.73. The summed E-state index contributed by atoms with van der Waals surface area (Å²) in [4.78, 5) is 0. The number of hydrogen-bond donors (Lipinski definition) is 1. The van der Waals surface area contributed by atoms with E-state index in [1.165, 1.54) is 16.7 Å². The second-order valence-corrected chi connectivity index (χ2v) is 5.62. The van der Waals surface area contributed by atoms with Gasteiger partial charge in [-0.25, -0.2) is 0 Å². The third kappa shape index (κ3) is 3.31. The summed E-state index contributed by atoms with van der Waals surface area (Å²) in [6.07, 6.45) is 3.95. The van der Waals surface area contributed by atoms with Crippen LogP contribution >= 0.6 is 0 Å². The Bertz CT molecular complexity index is 608. The first-order valence-electron chi connectivity index (χ1n) is 7.54. The summed E-state index contributed by atoms with van der Waals surface area (Å²) in [5, 5.41) is 11.8. The first-order valence-corrected chi connectivity index (χ1v) is 7.54. The Labute approximate surface area is 125 Å². The van der Waals surface area contributed by atoms with Crippen molar-refractivity contribution in [1.82, 2.24) is 20.3 Å². The van der Waals surface area contributed by atoms with Crippen LogP contribution in [0.4, 0.5) is 0 Å². The average molecular weight is 286 g/mol. The van der Waals surface area contributed by atoms with Crippen LogP contribution in [0.3, 0.4) is 0 Å². The molecule has 0 bridgehead atoms. The van der Waals surface area contributed by atoms with E-state index in [-0.39, 0.29) is 6.04 Å². The molecule has 112 valence electrons. The van der Waals surface area contributed by atoms with Crippen LogP contribution in [0.25, 0.3) is 0 Å². The van der Waals surface area contributed by atoms with E-state index in [0.29, 0.717) is 0 Å². The molecule has 0 fully saturated rings. The molecule has 1 N–H and O–H groups in total. The van der Waals surface area contributed by atoms with Gasteiger partial charge in [-0.05, 0) is 29.7 Å². The van der Waals surface area contributed by atoms with Gasteiger partial charge in [-0.2, -0.15) is 0 Å². The van der Waals surface area contributed by atoms with Crippen LogP contribution in [-0.2, 0) is 31.4 Å². The normalized spacial score (nSPS) is 15.1. The van der Waals surface area contributed by atoms with E-state index in [0.717, 1.165) is 38.3 Å². The van der Waals surface area contributed by atoms with Crippen molar-refractivity contribution >= 4 is 0 Å². The largest absolute Gasteiger partial charge is 0.372 e. The minimum Gasteiger partial charge on any atom is -0.372 e. The average Bonchev–Trinajstić information content (AvgIpc) is 3.11. The first-order chi connectivity index (χ1) is 10.3. The zero-order chi connectivity index (χ0) is 14.7. The number of rotatable bonds is 6. The molecule has 2 aromatic rings. The molecule has 5 nitrogen and oxygen atoms in total. The van der Waals surface area contributed by atoms with E-state index in [9.17, 15) is 0 Å². The van der Waals surface area contributed by atoms with Crippen molar-refractivity contribution in [1.29, 1.82) is 0 Å². The fraction of sp³-hybridized carbons (Fsp3) is 0.500. The quantitative estimate of drug-likeness (QED) is 0.884. The minimum absolute atomic E-state index is 0.271. The van der Waals surface area contributed by atoms with E-state index in [1.54, 1.807) is 4.68 Å². The van der Waals surface area contributed by atoms with Gasteiger partial charge in [-0.1, -0.05) is 30.3 Å². The summed E-state index contributed by atoms with van der Waals surface area (Å²) in [6.45, 7) is 4.66. The molecule has 3 rings (SSSR count). The van der Waals surface area contributed by atoms with Crippen molar-refractivity contribution in [2.45, 2.75) is 39.0 Å². The van der Waals surface area contributed by atoms with Crippen LogP contribution in [0.1, 0.15) is 41.8 Å². The standard InChI is InChI=1S/C16H22N4O/c1-3-6-17-16(8-15-9-20(2)19-18-15)12-4-5-13-10-21-11-14(13)7-12/h4-5,7,9,16-17H,3,6,8,10-11H2,1-2H3. The molecule has 5 heteroatoms. The third-order valence-electron chi connectivity index (χ3n) is 3.85. The highest BCUT2D eigenvalue weighted by Crippen LogP contribution is 2.25. The summed E-state index contributed by atoms with van der Waals surface area (Å²) < 4.78 is 7.26. The number of hydrogen-bond acceptors (Lipinski definition) is 4. The maximum atomic E-state index is 5.51. The lowest BCUT2D eigenvalue weighted by Crippen LogP contribution is -2.24. The number of aromatic nitrogens is 3. The zero-order valence-corrected chi connectivity index (χ0v) is 12.7. The van der Waals surface area contributed by atoms with Gasteiger partial charge in [0.2, 0.25) is 0 Å². The molecule has 1 atom stereocenters. The van der Waals surface area contributed by atoms with Crippen molar-refractivity contribution < 1.29 is 4.74 Å². The molecule has 0 aliphatic carbocycles.